The number of hydrogen-bond acceptors (Lipinski definition) is 3. The normalized spacial score (nSPS) is 12.2. The number of carbonyl (C=O) groups excluding carboxylic acids is 1. The number of rotatable bonds is 8. The Bertz CT molecular complexity index is 421. The third-order valence-electron chi connectivity index (χ3n) is 3.17. The lowest BCUT2D eigenvalue weighted by atomic mass is 10.1. The zero-order valence-corrected chi connectivity index (χ0v) is 12.8. The van der Waals surface area contributed by atoms with Gasteiger partial charge in [-0.15, -0.1) is 0 Å². The van der Waals surface area contributed by atoms with Crippen LogP contribution in [-0.4, -0.2) is 32.7 Å². The molecule has 1 unspecified atom stereocenters. The van der Waals surface area contributed by atoms with Gasteiger partial charge in [-0.25, -0.2) is 0 Å². The van der Waals surface area contributed by atoms with Crippen LogP contribution in [0, 0.1) is 12.8 Å². The standard InChI is InChI=1S/C16H26N2O2/c1-13-6-4-7-15(10-13)18(9-5-8-17)16(19)11-14(2)12-20-3/h4,6-7,10,14H,5,8-9,11-12,17H2,1-3H3. The summed E-state index contributed by atoms with van der Waals surface area (Å²) in [5.74, 6) is 0.353. The molecule has 0 aliphatic carbocycles. The van der Waals surface area contributed by atoms with Crippen molar-refractivity contribution in [1.29, 1.82) is 0 Å². The summed E-state index contributed by atoms with van der Waals surface area (Å²) >= 11 is 0. The van der Waals surface area contributed by atoms with Crippen molar-refractivity contribution < 1.29 is 9.53 Å². The lowest BCUT2D eigenvalue weighted by Crippen LogP contribution is -2.34. The molecule has 1 atom stereocenters. The van der Waals surface area contributed by atoms with Crippen LogP contribution in [0.3, 0.4) is 0 Å². The maximum atomic E-state index is 12.5. The van der Waals surface area contributed by atoms with Gasteiger partial charge >= 0.3 is 0 Å². The van der Waals surface area contributed by atoms with Gasteiger partial charge in [0.25, 0.3) is 0 Å². The minimum absolute atomic E-state index is 0.133. The summed E-state index contributed by atoms with van der Waals surface area (Å²) in [7, 11) is 1.66. The molecule has 0 radical (unpaired) electrons. The largest absolute Gasteiger partial charge is 0.384 e. The first-order valence-electron chi connectivity index (χ1n) is 7.14. The molecule has 2 N–H and O–H groups in total. The van der Waals surface area contributed by atoms with Gasteiger partial charge in [0.1, 0.15) is 0 Å². The second-order valence-corrected chi connectivity index (χ2v) is 5.29. The highest BCUT2D eigenvalue weighted by Crippen LogP contribution is 2.19. The summed E-state index contributed by atoms with van der Waals surface area (Å²) in [4.78, 5) is 14.3. The fourth-order valence-corrected chi connectivity index (χ4v) is 2.19. The molecule has 0 aliphatic heterocycles. The number of nitrogens with zero attached hydrogens (tertiary/aromatic N) is 1. The van der Waals surface area contributed by atoms with Gasteiger partial charge in [-0.3, -0.25) is 4.79 Å². The smallest absolute Gasteiger partial charge is 0.227 e. The maximum Gasteiger partial charge on any atom is 0.227 e. The monoisotopic (exact) mass is 278 g/mol. The summed E-state index contributed by atoms with van der Waals surface area (Å²) in [6.07, 6.45) is 1.30. The number of carbonyl (C=O) groups is 1. The van der Waals surface area contributed by atoms with E-state index in [1.807, 2.05) is 43.0 Å². The third-order valence-corrected chi connectivity index (χ3v) is 3.17. The van der Waals surface area contributed by atoms with Crippen molar-refractivity contribution in [2.75, 3.05) is 31.7 Å². The van der Waals surface area contributed by atoms with Crippen molar-refractivity contribution in [1.82, 2.24) is 0 Å². The number of methoxy groups -OCH3 is 1. The van der Waals surface area contributed by atoms with Gasteiger partial charge in [-0.2, -0.15) is 0 Å². The molecule has 1 amide bonds. The van der Waals surface area contributed by atoms with Crippen molar-refractivity contribution in [2.45, 2.75) is 26.7 Å². The van der Waals surface area contributed by atoms with Crippen LogP contribution in [0.25, 0.3) is 0 Å². The molecule has 0 aromatic heterocycles. The van der Waals surface area contributed by atoms with E-state index in [-0.39, 0.29) is 11.8 Å². The summed E-state index contributed by atoms with van der Waals surface area (Å²) in [6, 6.07) is 8.02. The summed E-state index contributed by atoms with van der Waals surface area (Å²) < 4.78 is 5.10. The lowest BCUT2D eigenvalue weighted by molar-refractivity contribution is -0.119. The molecule has 112 valence electrons. The number of anilines is 1. The Hall–Kier alpha value is -1.39. The Morgan fingerprint density at radius 3 is 2.80 bits per heavy atom. The van der Waals surface area contributed by atoms with Crippen LogP contribution in [0.2, 0.25) is 0 Å². The quantitative estimate of drug-likeness (QED) is 0.794. The van der Waals surface area contributed by atoms with E-state index in [9.17, 15) is 4.79 Å². The molecule has 0 heterocycles. The van der Waals surface area contributed by atoms with E-state index in [1.165, 1.54) is 0 Å². The highest BCUT2D eigenvalue weighted by atomic mass is 16.5. The van der Waals surface area contributed by atoms with Gasteiger partial charge in [0.05, 0.1) is 0 Å². The predicted molar refractivity (Wildman–Crippen MR) is 82.9 cm³/mol. The van der Waals surface area contributed by atoms with Crippen molar-refractivity contribution in [3.05, 3.63) is 29.8 Å². The fourth-order valence-electron chi connectivity index (χ4n) is 2.19. The number of benzene rings is 1. The topological polar surface area (TPSA) is 55.6 Å². The molecule has 4 nitrogen and oxygen atoms in total. The zero-order valence-electron chi connectivity index (χ0n) is 12.8. The molecule has 1 aromatic carbocycles. The van der Waals surface area contributed by atoms with Crippen LogP contribution in [0.4, 0.5) is 5.69 Å². The molecule has 1 rings (SSSR count). The average molecular weight is 278 g/mol. The van der Waals surface area contributed by atoms with Crippen LogP contribution in [0.15, 0.2) is 24.3 Å². The molecule has 0 bridgehead atoms. The number of ether oxygens (including phenoxy) is 1. The Morgan fingerprint density at radius 1 is 1.45 bits per heavy atom. The summed E-state index contributed by atoms with van der Waals surface area (Å²) in [5, 5.41) is 0. The summed E-state index contributed by atoms with van der Waals surface area (Å²) in [6.45, 7) is 5.91. The molecule has 1 aromatic rings. The Morgan fingerprint density at radius 2 is 2.20 bits per heavy atom. The van der Waals surface area contributed by atoms with Gasteiger partial charge in [0.2, 0.25) is 5.91 Å². The number of amides is 1. The molecule has 0 saturated heterocycles. The second kappa shape index (κ2) is 8.72. The number of hydrogen-bond donors (Lipinski definition) is 1. The SMILES string of the molecule is COCC(C)CC(=O)N(CCCN)c1cccc(C)c1. The second-order valence-electron chi connectivity index (χ2n) is 5.29. The van der Waals surface area contributed by atoms with E-state index in [2.05, 4.69) is 0 Å². The molecule has 0 fully saturated rings. The first-order valence-corrected chi connectivity index (χ1v) is 7.14. The van der Waals surface area contributed by atoms with E-state index < -0.39 is 0 Å². The number of aryl methyl sites for hydroxylation is 1. The molecule has 0 saturated carbocycles. The summed E-state index contributed by atoms with van der Waals surface area (Å²) in [5.41, 5.74) is 7.68. The van der Waals surface area contributed by atoms with E-state index in [0.29, 0.717) is 26.1 Å². The highest BCUT2D eigenvalue weighted by molar-refractivity contribution is 5.93. The van der Waals surface area contributed by atoms with Gasteiger partial charge in [-0.05, 0) is 43.5 Å². The minimum Gasteiger partial charge on any atom is -0.384 e. The van der Waals surface area contributed by atoms with Crippen LogP contribution in [-0.2, 0) is 9.53 Å². The van der Waals surface area contributed by atoms with Crippen molar-refractivity contribution in [2.24, 2.45) is 11.7 Å². The van der Waals surface area contributed by atoms with Gasteiger partial charge in [0.15, 0.2) is 0 Å². The predicted octanol–water partition coefficient (Wildman–Crippen LogP) is 2.35. The number of nitrogens with two attached hydrogens (primary N) is 1. The average Bonchev–Trinajstić information content (AvgIpc) is 2.39. The molecule has 20 heavy (non-hydrogen) atoms. The van der Waals surface area contributed by atoms with Crippen LogP contribution in [0.5, 0.6) is 0 Å². The third kappa shape index (κ3) is 5.31. The van der Waals surface area contributed by atoms with E-state index in [0.717, 1.165) is 17.7 Å². The van der Waals surface area contributed by atoms with Gasteiger partial charge in [0, 0.05) is 32.4 Å². The van der Waals surface area contributed by atoms with Gasteiger partial charge in [-0.1, -0.05) is 19.1 Å². The Labute approximate surface area is 121 Å². The van der Waals surface area contributed by atoms with Gasteiger partial charge < -0.3 is 15.4 Å². The van der Waals surface area contributed by atoms with Crippen LogP contribution >= 0.6 is 0 Å². The first kappa shape index (κ1) is 16.7. The Balaban J connectivity index is 2.80. The van der Waals surface area contributed by atoms with E-state index >= 15 is 0 Å². The Kier molecular flexibility index (Phi) is 7.26. The van der Waals surface area contributed by atoms with Crippen molar-refractivity contribution >= 4 is 11.6 Å². The van der Waals surface area contributed by atoms with E-state index in [1.54, 1.807) is 7.11 Å². The van der Waals surface area contributed by atoms with Crippen LogP contribution in [0.1, 0.15) is 25.3 Å². The first-order chi connectivity index (χ1) is 9.58. The molecule has 0 spiro atoms. The zero-order chi connectivity index (χ0) is 15.0. The van der Waals surface area contributed by atoms with Crippen molar-refractivity contribution in [3.8, 4) is 0 Å². The molecule has 0 aliphatic rings. The fraction of sp³-hybridized carbons (Fsp3) is 0.562. The van der Waals surface area contributed by atoms with E-state index in [4.69, 9.17) is 10.5 Å². The molecular formula is C16H26N2O2. The highest BCUT2D eigenvalue weighted by Gasteiger charge is 2.18. The minimum atomic E-state index is 0.133. The lowest BCUT2D eigenvalue weighted by Gasteiger charge is -2.24. The molecular weight excluding hydrogens is 252 g/mol. The van der Waals surface area contributed by atoms with Crippen LogP contribution < -0.4 is 10.6 Å². The molecule has 4 heteroatoms. The van der Waals surface area contributed by atoms with Crippen molar-refractivity contribution in [3.63, 3.8) is 0 Å². The maximum absolute atomic E-state index is 12.5.